The van der Waals surface area contributed by atoms with Gasteiger partial charge in [0, 0.05) is 25.2 Å². The molecule has 27 heavy (non-hydrogen) atoms. The molecule has 0 fully saturated rings. The molecule has 2 rings (SSSR count). The van der Waals surface area contributed by atoms with Gasteiger partial charge in [-0.25, -0.2) is 0 Å². The monoisotopic (exact) mass is 385 g/mol. The van der Waals surface area contributed by atoms with E-state index in [0.717, 1.165) is 5.56 Å². The van der Waals surface area contributed by atoms with Crippen molar-refractivity contribution < 1.29 is 14.3 Å². The van der Waals surface area contributed by atoms with Crippen molar-refractivity contribution in [2.75, 3.05) is 25.5 Å². The van der Waals surface area contributed by atoms with E-state index in [1.807, 2.05) is 41.3 Å². The molecule has 0 saturated carbocycles. The van der Waals surface area contributed by atoms with Gasteiger partial charge >= 0.3 is 5.97 Å². The first kappa shape index (κ1) is 20.4. The number of nitrogens with zero attached hydrogens (tertiary/aromatic N) is 2. The highest BCUT2D eigenvalue weighted by molar-refractivity contribution is 6.32. The molecule has 0 aliphatic rings. The van der Waals surface area contributed by atoms with E-state index in [9.17, 15) is 9.59 Å². The average molecular weight is 386 g/mol. The van der Waals surface area contributed by atoms with Crippen LogP contribution in [-0.4, -0.2) is 37.0 Å². The van der Waals surface area contributed by atoms with E-state index in [0.29, 0.717) is 24.3 Å². The number of halogens is 1. The summed E-state index contributed by atoms with van der Waals surface area (Å²) in [4.78, 5) is 25.7. The fourth-order valence-electron chi connectivity index (χ4n) is 2.47. The zero-order valence-corrected chi connectivity index (χ0v) is 15.7. The number of nitrogens with one attached hydrogen (secondary N) is 1. The number of carbonyl (C=O) groups is 2. The molecule has 7 heteroatoms. The highest BCUT2D eigenvalue weighted by atomic mass is 35.5. The summed E-state index contributed by atoms with van der Waals surface area (Å²) in [7, 11) is 1.34. The molecule has 2 aromatic rings. The zero-order valence-electron chi connectivity index (χ0n) is 14.9. The van der Waals surface area contributed by atoms with E-state index in [2.05, 4.69) is 5.32 Å². The predicted octanol–water partition coefficient (Wildman–Crippen LogP) is 3.22. The Kier molecular flexibility index (Phi) is 7.80. The lowest BCUT2D eigenvalue weighted by Crippen LogP contribution is -2.33. The number of anilines is 1. The second-order valence-corrected chi connectivity index (χ2v) is 6.28. The lowest BCUT2D eigenvalue weighted by molar-refractivity contribution is -0.142. The van der Waals surface area contributed by atoms with Gasteiger partial charge in [-0.3, -0.25) is 14.5 Å². The Morgan fingerprint density at radius 1 is 1.22 bits per heavy atom. The minimum absolute atomic E-state index is 0.0986. The first-order valence-electron chi connectivity index (χ1n) is 8.34. The van der Waals surface area contributed by atoms with Crippen molar-refractivity contribution in [2.45, 2.75) is 13.0 Å². The van der Waals surface area contributed by atoms with E-state index in [4.69, 9.17) is 21.6 Å². The molecule has 6 nitrogen and oxygen atoms in total. The molecular weight excluding hydrogens is 366 g/mol. The third-order valence-electron chi connectivity index (χ3n) is 3.86. The summed E-state index contributed by atoms with van der Waals surface area (Å²) in [5, 5.41) is 11.9. The van der Waals surface area contributed by atoms with Crippen LogP contribution >= 0.6 is 11.6 Å². The molecule has 0 aliphatic heterocycles. The Balaban J connectivity index is 1.94. The van der Waals surface area contributed by atoms with Crippen molar-refractivity contribution in [1.29, 1.82) is 5.26 Å². The fourth-order valence-corrected chi connectivity index (χ4v) is 2.69. The summed E-state index contributed by atoms with van der Waals surface area (Å²) in [5.74, 6) is -0.566. The molecule has 0 heterocycles. The number of hydrogen-bond donors (Lipinski definition) is 1. The quantitative estimate of drug-likeness (QED) is 0.705. The highest BCUT2D eigenvalue weighted by Crippen LogP contribution is 2.20. The standard InChI is InChI=1S/C20H20ClN3O3/c1-27-20(26)14-24(13-15-5-3-2-4-6-15)10-9-19(25)23-17-8-7-16(12-22)18(21)11-17/h2-8,11H,9-10,13-14H2,1H3,(H,23,25). The summed E-state index contributed by atoms with van der Waals surface area (Å²) in [6.45, 7) is 1.02. The lowest BCUT2D eigenvalue weighted by atomic mass is 10.2. The number of methoxy groups -OCH3 is 1. The maximum Gasteiger partial charge on any atom is 0.319 e. The molecule has 0 radical (unpaired) electrons. The van der Waals surface area contributed by atoms with Crippen molar-refractivity contribution in [2.24, 2.45) is 0 Å². The molecule has 1 amide bonds. The normalized spacial score (nSPS) is 10.3. The van der Waals surface area contributed by atoms with Gasteiger partial charge in [-0.15, -0.1) is 0 Å². The third kappa shape index (κ3) is 6.74. The molecular formula is C20H20ClN3O3. The minimum atomic E-state index is -0.356. The third-order valence-corrected chi connectivity index (χ3v) is 4.17. The second-order valence-electron chi connectivity index (χ2n) is 5.88. The summed E-state index contributed by atoms with van der Waals surface area (Å²) in [5.41, 5.74) is 1.91. The number of carbonyl (C=O) groups excluding carboxylic acids is 2. The van der Waals surface area contributed by atoms with Crippen molar-refractivity contribution >= 4 is 29.2 Å². The van der Waals surface area contributed by atoms with E-state index in [1.165, 1.54) is 13.2 Å². The van der Waals surface area contributed by atoms with Crippen LogP contribution in [0, 0.1) is 11.3 Å². The Labute approximate surface area is 163 Å². The second kappa shape index (κ2) is 10.3. The van der Waals surface area contributed by atoms with E-state index < -0.39 is 0 Å². The van der Waals surface area contributed by atoms with Crippen molar-refractivity contribution in [3.8, 4) is 6.07 Å². The van der Waals surface area contributed by atoms with Crippen LogP contribution in [0.4, 0.5) is 5.69 Å². The van der Waals surface area contributed by atoms with Gasteiger partial charge in [0.1, 0.15) is 6.07 Å². The summed E-state index contributed by atoms with van der Waals surface area (Å²) in [6, 6.07) is 16.4. The average Bonchev–Trinajstić information content (AvgIpc) is 2.67. The van der Waals surface area contributed by atoms with Gasteiger partial charge in [-0.1, -0.05) is 41.9 Å². The van der Waals surface area contributed by atoms with Gasteiger partial charge in [-0.2, -0.15) is 5.26 Å². The number of nitriles is 1. The molecule has 0 saturated heterocycles. The first-order chi connectivity index (χ1) is 13.0. The van der Waals surface area contributed by atoms with Crippen LogP contribution in [-0.2, 0) is 20.9 Å². The van der Waals surface area contributed by atoms with Crippen LogP contribution in [0.3, 0.4) is 0 Å². The molecule has 0 atom stereocenters. The molecule has 1 N–H and O–H groups in total. The number of benzene rings is 2. The van der Waals surface area contributed by atoms with E-state index in [-0.39, 0.29) is 29.9 Å². The van der Waals surface area contributed by atoms with Gasteiger partial charge in [0.05, 0.1) is 24.2 Å². The van der Waals surface area contributed by atoms with Gasteiger partial charge in [0.25, 0.3) is 0 Å². The van der Waals surface area contributed by atoms with E-state index >= 15 is 0 Å². The van der Waals surface area contributed by atoms with Gasteiger partial charge in [-0.05, 0) is 23.8 Å². The fraction of sp³-hybridized carbons (Fsp3) is 0.250. The van der Waals surface area contributed by atoms with E-state index in [1.54, 1.807) is 12.1 Å². The summed E-state index contributed by atoms with van der Waals surface area (Å²) in [6.07, 6.45) is 0.196. The van der Waals surface area contributed by atoms with Crippen LogP contribution in [0.2, 0.25) is 5.02 Å². The maximum absolute atomic E-state index is 12.2. The smallest absolute Gasteiger partial charge is 0.319 e. The highest BCUT2D eigenvalue weighted by Gasteiger charge is 2.14. The van der Waals surface area contributed by atoms with Crippen LogP contribution in [0.1, 0.15) is 17.5 Å². The van der Waals surface area contributed by atoms with Gasteiger partial charge in [0.2, 0.25) is 5.91 Å². The molecule has 140 valence electrons. The van der Waals surface area contributed by atoms with Gasteiger partial charge < -0.3 is 10.1 Å². The molecule has 0 aromatic heterocycles. The van der Waals surface area contributed by atoms with Crippen LogP contribution in [0.5, 0.6) is 0 Å². The molecule has 2 aromatic carbocycles. The zero-order chi connectivity index (χ0) is 19.6. The Morgan fingerprint density at radius 3 is 2.59 bits per heavy atom. The Bertz CT molecular complexity index is 834. The predicted molar refractivity (Wildman–Crippen MR) is 103 cm³/mol. The molecule has 0 unspecified atom stereocenters. The maximum atomic E-state index is 12.2. The number of esters is 1. The number of amides is 1. The van der Waals surface area contributed by atoms with Crippen molar-refractivity contribution in [1.82, 2.24) is 4.90 Å². The summed E-state index contributed by atoms with van der Waals surface area (Å²) < 4.78 is 4.73. The Hall–Kier alpha value is -2.88. The molecule has 0 aliphatic carbocycles. The van der Waals surface area contributed by atoms with Crippen molar-refractivity contribution in [3.05, 3.63) is 64.7 Å². The van der Waals surface area contributed by atoms with Gasteiger partial charge in [0.15, 0.2) is 0 Å². The number of ether oxygens (including phenoxy) is 1. The molecule has 0 bridgehead atoms. The largest absolute Gasteiger partial charge is 0.468 e. The summed E-state index contributed by atoms with van der Waals surface area (Å²) >= 11 is 5.97. The SMILES string of the molecule is COC(=O)CN(CCC(=O)Nc1ccc(C#N)c(Cl)c1)Cc1ccccc1. The lowest BCUT2D eigenvalue weighted by Gasteiger charge is -2.21. The Morgan fingerprint density at radius 2 is 1.96 bits per heavy atom. The molecule has 0 spiro atoms. The van der Waals surface area contributed by atoms with Crippen LogP contribution in [0.15, 0.2) is 48.5 Å². The number of hydrogen-bond acceptors (Lipinski definition) is 5. The minimum Gasteiger partial charge on any atom is -0.468 e. The topological polar surface area (TPSA) is 82.4 Å². The first-order valence-corrected chi connectivity index (χ1v) is 8.72. The van der Waals surface area contributed by atoms with Crippen LogP contribution < -0.4 is 5.32 Å². The number of rotatable bonds is 8. The van der Waals surface area contributed by atoms with Crippen molar-refractivity contribution in [3.63, 3.8) is 0 Å². The van der Waals surface area contributed by atoms with Crippen LogP contribution in [0.25, 0.3) is 0 Å².